The van der Waals surface area contributed by atoms with Crippen molar-refractivity contribution >= 4 is 47.4 Å². The van der Waals surface area contributed by atoms with Gasteiger partial charge in [-0.1, -0.05) is 23.2 Å². The summed E-state index contributed by atoms with van der Waals surface area (Å²) >= 11 is 13.7. The molecule has 0 saturated carbocycles. The van der Waals surface area contributed by atoms with Crippen molar-refractivity contribution in [3.8, 4) is 0 Å². The minimum atomic E-state index is 0. The molecular weight excluding hydrogens is 273 g/mol. The second kappa shape index (κ2) is 6.21. The first-order valence-corrected chi connectivity index (χ1v) is 6.22. The Balaban J connectivity index is 0.00000112. The number of rotatable bonds is 2. The number of nitrogens with one attached hydrogen (secondary N) is 1. The zero-order valence-electron chi connectivity index (χ0n) is 8.00. The van der Waals surface area contributed by atoms with Crippen LogP contribution in [0, 0.1) is 0 Å². The van der Waals surface area contributed by atoms with E-state index < -0.39 is 0 Å². The van der Waals surface area contributed by atoms with Crippen molar-refractivity contribution in [2.75, 3.05) is 13.1 Å². The maximum Gasteiger partial charge on any atom is 0.0556 e. The summed E-state index contributed by atoms with van der Waals surface area (Å²) in [6.45, 7) is 2.19. The highest BCUT2D eigenvalue weighted by Crippen LogP contribution is 2.34. The Kier molecular flexibility index (Phi) is 5.58. The Morgan fingerprint density at radius 3 is 2.73 bits per heavy atom. The topological polar surface area (TPSA) is 12.0 Å². The monoisotopic (exact) mass is 283 g/mol. The molecule has 1 aromatic rings. The van der Waals surface area contributed by atoms with Gasteiger partial charge in [-0.15, -0.1) is 24.2 Å². The van der Waals surface area contributed by atoms with Gasteiger partial charge in [-0.2, -0.15) is 0 Å². The number of thioether (sulfide) groups is 1. The Bertz CT molecular complexity index is 326. The highest BCUT2D eigenvalue weighted by atomic mass is 35.5. The zero-order chi connectivity index (χ0) is 9.97. The van der Waals surface area contributed by atoms with Crippen molar-refractivity contribution in [2.24, 2.45) is 0 Å². The van der Waals surface area contributed by atoms with Gasteiger partial charge in [0.05, 0.1) is 5.02 Å². The van der Waals surface area contributed by atoms with Gasteiger partial charge in [-0.05, 0) is 31.2 Å². The maximum absolute atomic E-state index is 6.08. The van der Waals surface area contributed by atoms with Crippen LogP contribution >= 0.6 is 47.4 Å². The van der Waals surface area contributed by atoms with Gasteiger partial charge in [0, 0.05) is 21.7 Å². The standard InChI is InChI=1S/C10H11Cl2NS.ClH/c11-7-1-2-10(9(12)5-7)14-8-3-4-13-6-8;/h1-2,5,8,13H,3-4,6H2;1H/t8-;/m0./s1. The minimum Gasteiger partial charge on any atom is -0.316 e. The average molecular weight is 285 g/mol. The SMILES string of the molecule is Cl.Clc1ccc(S[C@H]2CCNC2)c(Cl)c1. The second-order valence-electron chi connectivity index (χ2n) is 3.31. The molecule has 0 aliphatic carbocycles. The smallest absolute Gasteiger partial charge is 0.0556 e. The van der Waals surface area contributed by atoms with Gasteiger partial charge in [0.2, 0.25) is 0 Å². The summed E-state index contributed by atoms with van der Waals surface area (Å²) in [6.07, 6.45) is 1.21. The Morgan fingerprint density at radius 2 is 2.13 bits per heavy atom. The fourth-order valence-electron chi connectivity index (χ4n) is 1.48. The molecule has 1 nitrogen and oxygen atoms in total. The van der Waals surface area contributed by atoms with Gasteiger partial charge in [0.1, 0.15) is 0 Å². The maximum atomic E-state index is 6.08. The molecule has 1 saturated heterocycles. The van der Waals surface area contributed by atoms with E-state index >= 15 is 0 Å². The van der Waals surface area contributed by atoms with Gasteiger partial charge < -0.3 is 5.32 Å². The van der Waals surface area contributed by atoms with Crippen molar-refractivity contribution in [3.63, 3.8) is 0 Å². The average Bonchev–Trinajstić information content (AvgIpc) is 2.62. The highest BCUT2D eigenvalue weighted by molar-refractivity contribution is 8.00. The quantitative estimate of drug-likeness (QED) is 0.885. The first kappa shape index (κ1) is 13.5. The Labute approximate surface area is 110 Å². The minimum absolute atomic E-state index is 0. The summed E-state index contributed by atoms with van der Waals surface area (Å²) in [5.41, 5.74) is 0. The molecule has 0 spiro atoms. The lowest BCUT2D eigenvalue weighted by Crippen LogP contribution is -2.09. The third-order valence-electron chi connectivity index (χ3n) is 2.20. The van der Waals surface area contributed by atoms with E-state index in [0.717, 1.165) is 23.0 Å². The third-order valence-corrected chi connectivity index (χ3v) is 4.21. The predicted octanol–water partition coefficient (Wildman–Crippen LogP) is 3.87. The zero-order valence-corrected chi connectivity index (χ0v) is 11.1. The van der Waals surface area contributed by atoms with Gasteiger partial charge in [-0.3, -0.25) is 0 Å². The van der Waals surface area contributed by atoms with E-state index in [9.17, 15) is 0 Å². The second-order valence-corrected chi connectivity index (χ2v) is 5.49. The molecule has 84 valence electrons. The molecule has 0 radical (unpaired) electrons. The van der Waals surface area contributed by atoms with E-state index in [1.54, 1.807) is 6.07 Å². The van der Waals surface area contributed by atoms with E-state index in [1.165, 1.54) is 6.42 Å². The molecule has 5 heteroatoms. The number of halogens is 3. The van der Waals surface area contributed by atoms with Crippen LogP contribution in [-0.2, 0) is 0 Å². The lowest BCUT2D eigenvalue weighted by Gasteiger charge is -2.09. The molecule has 1 N–H and O–H groups in total. The molecule has 0 unspecified atom stereocenters. The van der Waals surface area contributed by atoms with E-state index in [-0.39, 0.29) is 12.4 Å². The Morgan fingerprint density at radius 1 is 1.33 bits per heavy atom. The first-order chi connectivity index (χ1) is 6.75. The molecule has 1 aliphatic rings. The van der Waals surface area contributed by atoms with Crippen LogP contribution in [0.3, 0.4) is 0 Å². The van der Waals surface area contributed by atoms with Crippen LogP contribution in [-0.4, -0.2) is 18.3 Å². The Hall–Kier alpha value is 0.400. The van der Waals surface area contributed by atoms with Crippen LogP contribution in [0.1, 0.15) is 6.42 Å². The van der Waals surface area contributed by atoms with Gasteiger partial charge in [0.15, 0.2) is 0 Å². The van der Waals surface area contributed by atoms with Crippen molar-refractivity contribution in [1.82, 2.24) is 5.32 Å². The molecule has 0 amide bonds. The fraction of sp³-hybridized carbons (Fsp3) is 0.400. The lowest BCUT2D eigenvalue weighted by atomic mass is 10.4. The summed E-state index contributed by atoms with van der Waals surface area (Å²) in [6, 6.07) is 5.68. The highest BCUT2D eigenvalue weighted by Gasteiger charge is 2.16. The normalized spacial score (nSPS) is 20.0. The van der Waals surface area contributed by atoms with Crippen molar-refractivity contribution in [1.29, 1.82) is 0 Å². The summed E-state index contributed by atoms with van der Waals surface area (Å²) in [4.78, 5) is 1.13. The molecular formula is C10H12Cl3NS. The van der Waals surface area contributed by atoms with E-state index in [0.29, 0.717) is 10.3 Å². The summed E-state index contributed by atoms with van der Waals surface area (Å²) < 4.78 is 0. The molecule has 1 atom stereocenters. The van der Waals surface area contributed by atoms with Crippen LogP contribution in [0.5, 0.6) is 0 Å². The molecule has 0 bridgehead atoms. The molecule has 15 heavy (non-hydrogen) atoms. The van der Waals surface area contributed by atoms with Crippen molar-refractivity contribution in [3.05, 3.63) is 28.2 Å². The molecule has 0 aromatic heterocycles. The lowest BCUT2D eigenvalue weighted by molar-refractivity contribution is 0.858. The summed E-state index contributed by atoms with van der Waals surface area (Å²) in [5, 5.41) is 5.44. The van der Waals surface area contributed by atoms with Crippen LogP contribution in [0.2, 0.25) is 10.0 Å². The fourth-order valence-corrected chi connectivity index (χ4v) is 3.14. The predicted molar refractivity (Wildman–Crippen MR) is 70.8 cm³/mol. The number of benzene rings is 1. The van der Waals surface area contributed by atoms with Crippen LogP contribution in [0.25, 0.3) is 0 Å². The van der Waals surface area contributed by atoms with E-state index in [4.69, 9.17) is 23.2 Å². The first-order valence-electron chi connectivity index (χ1n) is 4.58. The van der Waals surface area contributed by atoms with Crippen molar-refractivity contribution < 1.29 is 0 Å². The molecule has 1 aromatic carbocycles. The summed E-state index contributed by atoms with van der Waals surface area (Å²) in [7, 11) is 0. The van der Waals surface area contributed by atoms with Gasteiger partial charge in [-0.25, -0.2) is 0 Å². The van der Waals surface area contributed by atoms with Crippen LogP contribution in [0.15, 0.2) is 23.1 Å². The molecule has 1 aliphatic heterocycles. The van der Waals surface area contributed by atoms with Crippen LogP contribution < -0.4 is 5.32 Å². The van der Waals surface area contributed by atoms with E-state index in [2.05, 4.69) is 5.32 Å². The number of hydrogen-bond acceptors (Lipinski definition) is 2. The van der Waals surface area contributed by atoms with Crippen molar-refractivity contribution in [2.45, 2.75) is 16.6 Å². The van der Waals surface area contributed by atoms with Gasteiger partial charge >= 0.3 is 0 Å². The number of hydrogen-bond donors (Lipinski definition) is 1. The largest absolute Gasteiger partial charge is 0.316 e. The molecule has 2 rings (SSSR count). The summed E-state index contributed by atoms with van der Waals surface area (Å²) in [5.74, 6) is 0. The molecule has 1 fully saturated rings. The molecule has 1 heterocycles. The third kappa shape index (κ3) is 3.72. The van der Waals surface area contributed by atoms with E-state index in [1.807, 2.05) is 23.9 Å². The van der Waals surface area contributed by atoms with Gasteiger partial charge in [0.25, 0.3) is 0 Å². The van der Waals surface area contributed by atoms with Crippen LogP contribution in [0.4, 0.5) is 0 Å².